The van der Waals surface area contributed by atoms with Crippen molar-refractivity contribution in [3.05, 3.63) is 66.2 Å². The number of nitrogens with one attached hydrogen (secondary N) is 2. The molecular formula is C20H16N4O3S3. The fraction of sp³-hybridized carbons (Fsp3) is 0.0500. The molecule has 0 aliphatic heterocycles. The third-order valence-corrected chi connectivity index (χ3v) is 7.64. The van der Waals surface area contributed by atoms with Crippen molar-refractivity contribution in [2.75, 3.05) is 10.0 Å². The molecule has 0 aliphatic carbocycles. The van der Waals surface area contributed by atoms with Gasteiger partial charge in [-0.2, -0.15) is 0 Å². The highest BCUT2D eigenvalue weighted by Gasteiger charge is 2.18. The molecule has 0 saturated heterocycles. The number of hydrogen-bond donors (Lipinski definition) is 2. The lowest BCUT2D eigenvalue weighted by Gasteiger charge is -2.06. The lowest BCUT2D eigenvalue weighted by Crippen LogP contribution is -2.11. The Morgan fingerprint density at radius 3 is 2.43 bits per heavy atom. The van der Waals surface area contributed by atoms with Gasteiger partial charge in [-0.25, -0.2) is 18.4 Å². The molecule has 30 heavy (non-hydrogen) atoms. The zero-order valence-corrected chi connectivity index (χ0v) is 18.1. The molecule has 7 nitrogen and oxygen atoms in total. The second kappa shape index (κ2) is 8.34. The minimum absolute atomic E-state index is 0.0160. The molecule has 0 atom stereocenters. The highest BCUT2D eigenvalue weighted by Crippen LogP contribution is 2.30. The molecular weight excluding hydrogens is 440 g/mol. The van der Waals surface area contributed by atoms with Crippen LogP contribution in [0, 0.1) is 0 Å². The lowest BCUT2D eigenvalue weighted by atomic mass is 10.1. The first-order valence-electron chi connectivity index (χ1n) is 8.78. The number of thiazole rings is 2. The lowest BCUT2D eigenvalue weighted by molar-refractivity contribution is -0.114. The average molecular weight is 457 g/mol. The van der Waals surface area contributed by atoms with Gasteiger partial charge in [-0.05, 0) is 12.1 Å². The number of aromatic nitrogens is 2. The maximum absolute atomic E-state index is 12.6. The van der Waals surface area contributed by atoms with Crippen LogP contribution < -0.4 is 10.0 Å². The molecule has 0 aliphatic rings. The summed E-state index contributed by atoms with van der Waals surface area (Å²) < 4.78 is 27.6. The monoisotopic (exact) mass is 456 g/mol. The van der Waals surface area contributed by atoms with Gasteiger partial charge in [0.05, 0.1) is 11.9 Å². The van der Waals surface area contributed by atoms with E-state index in [1.807, 2.05) is 47.8 Å². The smallest absolute Gasteiger partial charge is 0.273 e. The summed E-state index contributed by atoms with van der Waals surface area (Å²) in [5.74, 6) is -0.311. The van der Waals surface area contributed by atoms with Crippen molar-refractivity contribution in [1.82, 2.24) is 9.97 Å². The predicted octanol–water partition coefficient (Wildman–Crippen LogP) is 4.69. The van der Waals surface area contributed by atoms with Crippen molar-refractivity contribution in [2.45, 2.75) is 11.1 Å². The molecule has 2 aromatic carbocycles. The van der Waals surface area contributed by atoms with Crippen molar-refractivity contribution in [1.29, 1.82) is 0 Å². The van der Waals surface area contributed by atoms with Crippen molar-refractivity contribution < 1.29 is 13.2 Å². The van der Waals surface area contributed by atoms with Crippen LogP contribution in [-0.2, 0) is 14.8 Å². The van der Waals surface area contributed by atoms with E-state index in [2.05, 4.69) is 20.0 Å². The number of anilines is 2. The standard InChI is InChI=1S/C20H16N4O3S3/c1-13(25)22-20-21-11-18(29-20)30(26,27)24-16-9-7-14(8-10-16)17-12-28-19(23-17)15-5-3-2-4-6-15/h2-12,24H,1H3,(H,21,22,25). The van der Waals surface area contributed by atoms with Crippen LogP contribution in [0.1, 0.15) is 6.92 Å². The molecule has 2 N–H and O–H groups in total. The third kappa shape index (κ3) is 4.56. The first-order chi connectivity index (χ1) is 14.4. The quantitative estimate of drug-likeness (QED) is 0.438. The number of carbonyl (C=O) groups is 1. The number of benzene rings is 2. The van der Waals surface area contributed by atoms with Gasteiger partial charge >= 0.3 is 0 Å². The number of amides is 1. The summed E-state index contributed by atoms with van der Waals surface area (Å²) in [6, 6.07) is 16.9. The second-order valence-electron chi connectivity index (χ2n) is 6.25. The molecule has 0 unspecified atom stereocenters. The summed E-state index contributed by atoms with van der Waals surface area (Å²) >= 11 is 2.44. The largest absolute Gasteiger partial charge is 0.302 e. The van der Waals surface area contributed by atoms with Crippen LogP contribution >= 0.6 is 22.7 Å². The number of nitrogens with zero attached hydrogens (tertiary/aromatic N) is 2. The Kier molecular flexibility index (Phi) is 5.62. The summed E-state index contributed by atoms with van der Waals surface area (Å²) in [6.45, 7) is 1.33. The van der Waals surface area contributed by atoms with Crippen molar-refractivity contribution >= 4 is 49.4 Å². The van der Waals surface area contributed by atoms with Crippen LogP contribution in [0.3, 0.4) is 0 Å². The second-order valence-corrected chi connectivity index (χ2v) is 10.1. The van der Waals surface area contributed by atoms with E-state index in [0.717, 1.165) is 33.2 Å². The number of sulfonamides is 1. The van der Waals surface area contributed by atoms with Gasteiger partial charge in [-0.3, -0.25) is 9.52 Å². The van der Waals surface area contributed by atoms with E-state index in [0.29, 0.717) is 5.69 Å². The fourth-order valence-electron chi connectivity index (χ4n) is 2.63. The number of rotatable bonds is 6. The van der Waals surface area contributed by atoms with E-state index < -0.39 is 10.0 Å². The molecule has 0 fully saturated rings. The molecule has 2 aromatic heterocycles. The minimum Gasteiger partial charge on any atom is -0.302 e. The van der Waals surface area contributed by atoms with E-state index in [1.165, 1.54) is 13.1 Å². The summed E-state index contributed by atoms with van der Waals surface area (Å²) in [6.07, 6.45) is 1.22. The van der Waals surface area contributed by atoms with E-state index in [-0.39, 0.29) is 15.2 Å². The fourth-order valence-corrected chi connectivity index (χ4v) is 5.60. The molecule has 0 saturated carbocycles. The Hall–Kier alpha value is -3.08. The van der Waals surface area contributed by atoms with Crippen molar-refractivity contribution in [3.8, 4) is 21.8 Å². The maximum atomic E-state index is 12.6. The zero-order valence-electron chi connectivity index (χ0n) is 15.7. The van der Waals surface area contributed by atoms with Crippen molar-refractivity contribution in [3.63, 3.8) is 0 Å². The molecule has 2 heterocycles. The van der Waals surface area contributed by atoms with Crippen LogP contribution in [0.4, 0.5) is 10.8 Å². The molecule has 1 amide bonds. The van der Waals surface area contributed by atoms with Crippen molar-refractivity contribution in [2.24, 2.45) is 0 Å². The Morgan fingerprint density at radius 2 is 1.73 bits per heavy atom. The van der Waals surface area contributed by atoms with Crippen LogP contribution in [0.5, 0.6) is 0 Å². The molecule has 152 valence electrons. The zero-order chi connectivity index (χ0) is 21.1. The van der Waals surface area contributed by atoms with Crippen LogP contribution in [0.25, 0.3) is 21.8 Å². The molecule has 0 radical (unpaired) electrons. The summed E-state index contributed by atoms with van der Waals surface area (Å²) in [4.78, 5) is 19.7. The predicted molar refractivity (Wildman–Crippen MR) is 120 cm³/mol. The van der Waals surface area contributed by atoms with E-state index >= 15 is 0 Å². The van der Waals surface area contributed by atoms with Crippen LogP contribution in [0.15, 0.2) is 70.4 Å². The van der Waals surface area contributed by atoms with Gasteiger partial charge in [-0.15, -0.1) is 11.3 Å². The summed E-state index contributed by atoms with van der Waals surface area (Å²) in [7, 11) is -3.80. The first kappa shape index (κ1) is 20.2. The number of hydrogen-bond acceptors (Lipinski definition) is 7. The highest BCUT2D eigenvalue weighted by atomic mass is 32.2. The van der Waals surface area contributed by atoms with Gasteiger partial charge < -0.3 is 5.32 Å². The highest BCUT2D eigenvalue weighted by molar-refractivity contribution is 7.94. The normalized spacial score (nSPS) is 11.2. The van der Waals surface area contributed by atoms with E-state index in [4.69, 9.17) is 0 Å². The van der Waals surface area contributed by atoms with Gasteiger partial charge in [-0.1, -0.05) is 53.8 Å². The number of carbonyl (C=O) groups excluding carboxylic acids is 1. The maximum Gasteiger partial charge on any atom is 0.273 e. The Balaban J connectivity index is 1.49. The van der Waals surface area contributed by atoms with Gasteiger partial charge in [0.25, 0.3) is 10.0 Å². The SMILES string of the molecule is CC(=O)Nc1ncc(S(=O)(=O)Nc2ccc(-c3csc(-c4ccccc4)n3)cc2)s1. The molecule has 0 spiro atoms. The minimum atomic E-state index is -3.80. The summed E-state index contributed by atoms with van der Waals surface area (Å²) in [5, 5.41) is 5.60. The van der Waals surface area contributed by atoms with Gasteiger partial charge in [0.1, 0.15) is 5.01 Å². The van der Waals surface area contributed by atoms with Gasteiger partial charge in [0.2, 0.25) is 5.91 Å². The van der Waals surface area contributed by atoms with Gasteiger partial charge in [0.15, 0.2) is 9.34 Å². The first-order valence-corrected chi connectivity index (χ1v) is 12.0. The third-order valence-electron chi connectivity index (χ3n) is 3.99. The van der Waals surface area contributed by atoms with Crippen LogP contribution in [-0.4, -0.2) is 24.3 Å². The van der Waals surface area contributed by atoms with E-state index in [9.17, 15) is 13.2 Å². The molecule has 4 aromatic rings. The average Bonchev–Trinajstić information content (AvgIpc) is 3.39. The topological polar surface area (TPSA) is 101 Å². The Morgan fingerprint density at radius 1 is 1.00 bits per heavy atom. The van der Waals surface area contributed by atoms with Gasteiger partial charge in [0, 0.05) is 29.1 Å². The van der Waals surface area contributed by atoms with E-state index in [1.54, 1.807) is 23.5 Å². The molecule has 10 heteroatoms. The molecule has 4 rings (SSSR count). The Labute approximate surface area is 181 Å². The Bertz CT molecular complexity index is 1280. The molecule has 0 bridgehead atoms. The van der Waals surface area contributed by atoms with Crippen LogP contribution in [0.2, 0.25) is 0 Å². The summed E-state index contributed by atoms with van der Waals surface area (Å²) in [5.41, 5.74) is 3.20.